The molecule has 4 aromatic heterocycles. The summed E-state index contributed by atoms with van der Waals surface area (Å²) in [5.74, 6) is 0. The van der Waals surface area contributed by atoms with Gasteiger partial charge in [-0.05, 0) is 70.8 Å². The van der Waals surface area contributed by atoms with Gasteiger partial charge >= 0.3 is 69.4 Å². The Kier molecular flexibility index (Phi) is 14.0. The van der Waals surface area contributed by atoms with Crippen molar-refractivity contribution in [2.45, 2.75) is 20.8 Å². The van der Waals surface area contributed by atoms with Gasteiger partial charge in [-0.1, -0.05) is 0 Å². The van der Waals surface area contributed by atoms with E-state index in [0.29, 0.717) is 0 Å². The molecule has 34 heavy (non-hydrogen) atoms. The van der Waals surface area contributed by atoms with Crippen molar-refractivity contribution in [3.63, 3.8) is 0 Å². The van der Waals surface area contributed by atoms with Crippen LogP contribution >= 0.6 is 19.4 Å². The van der Waals surface area contributed by atoms with E-state index in [9.17, 15) is 0 Å². The maximum Gasteiger partial charge on any atom is 0.0273 e. The Bertz CT molecular complexity index is 975. The van der Waals surface area contributed by atoms with Crippen LogP contribution in [0.2, 0.25) is 0 Å². The standard InChI is InChI=1S/2C10H8N2.C6H10.CH3.2ClH.Ru/c2*1-5-11-6-2-9(1)10-3-7-12-8-4-10;1-5-6(2,3)4;;;;/h2*1-8H;5H,2-4H3;1H3;2*1H;/q;;;-1;;;+2/p-2. The predicted octanol–water partition coefficient (Wildman–Crippen LogP) is 7.65. The Morgan fingerprint density at radius 1 is 0.588 bits per heavy atom. The Morgan fingerprint density at radius 3 is 0.971 bits per heavy atom. The minimum Gasteiger partial charge on any atom is -0.358 e. The summed E-state index contributed by atoms with van der Waals surface area (Å²) in [6, 6.07) is 15.9. The van der Waals surface area contributed by atoms with Crippen LogP contribution in [0.5, 0.6) is 0 Å². The van der Waals surface area contributed by atoms with Crippen LogP contribution in [-0.2, 0) is 13.5 Å². The zero-order valence-electron chi connectivity index (χ0n) is 19.7. The van der Waals surface area contributed by atoms with Gasteiger partial charge in [-0.15, -0.1) is 0 Å². The van der Waals surface area contributed by atoms with Crippen LogP contribution in [0.1, 0.15) is 20.8 Å². The summed E-state index contributed by atoms with van der Waals surface area (Å²) in [5, 5.41) is 0. The van der Waals surface area contributed by atoms with Crippen molar-refractivity contribution in [3.8, 4) is 22.3 Å². The molecule has 0 aliphatic rings. The van der Waals surface area contributed by atoms with E-state index in [4.69, 9.17) is 19.4 Å². The van der Waals surface area contributed by atoms with E-state index in [0.717, 1.165) is 0 Å². The zero-order chi connectivity index (χ0) is 23.9. The molecule has 0 unspecified atom stereocenters. The number of nitrogens with zero attached hydrogens (tertiary/aromatic N) is 4. The van der Waals surface area contributed by atoms with Gasteiger partial charge in [-0.2, -0.15) is 0 Å². The number of halogens is 2. The van der Waals surface area contributed by atoms with Gasteiger partial charge in [-0.3, -0.25) is 19.9 Å². The van der Waals surface area contributed by atoms with Crippen LogP contribution in [0.4, 0.5) is 0 Å². The molecule has 7 heteroatoms. The van der Waals surface area contributed by atoms with Crippen LogP contribution in [0, 0.1) is 12.8 Å². The number of hydrogen-bond donors (Lipinski definition) is 0. The number of hydrogen-bond acceptors (Lipinski definition) is 4. The molecule has 0 radical (unpaired) electrons. The first kappa shape index (κ1) is 29.5. The molecule has 0 aliphatic heterocycles. The molecule has 0 aliphatic carbocycles. The third-order valence-corrected chi connectivity index (χ3v) is 5.49. The largest absolute Gasteiger partial charge is 0.358 e. The fourth-order valence-electron chi connectivity index (χ4n) is 2.37. The molecule has 0 N–H and O–H groups in total. The van der Waals surface area contributed by atoms with Gasteiger partial charge in [0.25, 0.3) is 0 Å². The third-order valence-electron chi connectivity index (χ3n) is 3.95. The van der Waals surface area contributed by atoms with Crippen molar-refractivity contribution < 1.29 is 13.5 Å². The molecular weight excluding hydrogens is 552 g/mol. The average molecular weight is 582 g/mol. The van der Waals surface area contributed by atoms with Crippen molar-refractivity contribution in [2.75, 3.05) is 0 Å². The van der Waals surface area contributed by atoms with E-state index in [-0.39, 0.29) is 12.8 Å². The number of allylic oxidation sites excluding steroid dienone is 1. The molecule has 180 valence electrons. The molecule has 0 bridgehead atoms. The SMILES string of the molecule is CC(C)(C)C=[C]=[Ru]([Cl])[Cl].[CH3-].c1cc(-c2ccncc2)ccn1.c1cc(-c2ccncc2)ccn1. The second-order valence-electron chi connectivity index (χ2n) is 7.74. The van der Waals surface area contributed by atoms with E-state index in [2.05, 4.69) is 45.0 Å². The second-order valence-corrected chi connectivity index (χ2v) is 13.1. The van der Waals surface area contributed by atoms with Gasteiger partial charge in [0.2, 0.25) is 0 Å². The quantitative estimate of drug-likeness (QED) is 0.180. The van der Waals surface area contributed by atoms with Crippen molar-refractivity contribution >= 4 is 23.6 Å². The van der Waals surface area contributed by atoms with Gasteiger partial charge < -0.3 is 7.43 Å². The Balaban J connectivity index is 0.000000255. The fraction of sp³-hybridized carbons (Fsp3) is 0.148. The molecule has 0 saturated heterocycles. The maximum atomic E-state index is 5.55. The summed E-state index contributed by atoms with van der Waals surface area (Å²) in [4.78, 5) is 15.8. The van der Waals surface area contributed by atoms with Crippen molar-refractivity contribution in [2.24, 2.45) is 5.41 Å². The molecule has 0 aromatic carbocycles. The van der Waals surface area contributed by atoms with Crippen LogP contribution in [0.25, 0.3) is 22.3 Å². The summed E-state index contributed by atoms with van der Waals surface area (Å²) in [5.41, 5.74) is 4.86. The van der Waals surface area contributed by atoms with E-state index >= 15 is 0 Å². The number of aromatic nitrogens is 4. The van der Waals surface area contributed by atoms with Gasteiger partial charge in [-0.25, -0.2) is 0 Å². The fourth-order valence-corrected chi connectivity index (χ4v) is 3.77. The molecule has 0 fully saturated rings. The predicted molar refractivity (Wildman–Crippen MR) is 142 cm³/mol. The minimum absolute atomic E-state index is 0. The van der Waals surface area contributed by atoms with Gasteiger partial charge in [0.1, 0.15) is 0 Å². The summed E-state index contributed by atoms with van der Waals surface area (Å²) in [6.45, 7) is 6.27. The van der Waals surface area contributed by atoms with Gasteiger partial charge in [0, 0.05) is 49.6 Å². The molecule has 4 heterocycles. The average Bonchev–Trinajstić information content (AvgIpc) is 2.85. The topological polar surface area (TPSA) is 51.6 Å². The number of pyridine rings is 4. The summed E-state index contributed by atoms with van der Waals surface area (Å²) in [7, 11) is 11.1. The molecule has 0 spiro atoms. The van der Waals surface area contributed by atoms with E-state index < -0.39 is 13.5 Å². The van der Waals surface area contributed by atoms with Crippen LogP contribution < -0.4 is 0 Å². The van der Waals surface area contributed by atoms with Crippen LogP contribution in [0.15, 0.2) is 104 Å². The Morgan fingerprint density at radius 2 is 0.824 bits per heavy atom. The van der Waals surface area contributed by atoms with Crippen molar-refractivity contribution in [1.29, 1.82) is 0 Å². The molecule has 0 atom stereocenters. The summed E-state index contributed by atoms with van der Waals surface area (Å²) >= 11 is -1.67. The molecule has 4 aromatic rings. The maximum absolute atomic E-state index is 5.55. The first-order chi connectivity index (χ1) is 15.8. The Labute approximate surface area is 216 Å². The van der Waals surface area contributed by atoms with E-state index in [1.807, 2.05) is 54.6 Å². The second kappa shape index (κ2) is 16.1. The van der Waals surface area contributed by atoms with Crippen molar-refractivity contribution in [1.82, 2.24) is 19.9 Å². The third kappa shape index (κ3) is 12.6. The van der Waals surface area contributed by atoms with E-state index in [1.54, 1.807) is 49.6 Å². The first-order valence-electron chi connectivity index (χ1n) is 10.1. The molecule has 4 nitrogen and oxygen atoms in total. The molecule has 4 rings (SSSR count). The van der Waals surface area contributed by atoms with Crippen LogP contribution in [-0.4, -0.2) is 24.2 Å². The Hall–Kier alpha value is -2.55. The minimum atomic E-state index is -1.67. The molecular formula is C27H29Cl2N4Ru-. The van der Waals surface area contributed by atoms with Gasteiger partial charge in [0.05, 0.1) is 0 Å². The van der Waals surface area contributed by atoms with Gasteiger partial charge in [0.15, 0.2) is 0 Å². The monoisotopic (exact) mass is 581 g/mol. The van der Waals surface area contributed by atoms with E-state index in [1.165, 1.54) is 22.3 Å². The normalized spacial score (nSPS) is 10.1. The smallest absolute Gasteiger partial charge is 0.0273 e. The number of rotatable bonds is 2. The van der Waals surface area contributed by atoms with Crippen molar-refractivity contribution in [3.05, 3.63) is 112 Å². The molecule has 0 saturated carbocycles. The summed E-state index contributed by atoms with van der Waals surface area (Å²) < 4.78 is 2.93. The summed E-state index contributed by atoms with van der Waals surface area (Å²) in [6.07, 6.45) is 16.2. The van der Waals surface area contributed by atoms with Crippen LogP contribution in [0.3, 0.4) is 0 Å². The zero-order valence-corrected chi connectivity index (χ0v) is 23.0. The first-order valence-corrected chi connectivity index (χ1v) is 15.4. The molecule has 0 amide bonds.